The molecule has 0 aliphatic carbocycles. The summed E-state index contributed by atoms with van der Waals surface area (Å²) in [5, 5.41) is 14.2. The van der Waals surface area contributed by atoms with Crippen LogP contribution in [-0.4, -0.2) is 57.5 Å². The summed E-state index contributed by atoms with van der Waals surface area (Å²) in [5.41, 5.74) is 0.428. The van der Waals surface area contributed by atoms with Crippen molar-refractivity contribution < 1.29 is 29.0 Å². The van der Waals surface area contributed by atoms with Gasteiger partial charge in [-0.1, -0.05) is 35.5 Å². The van der Waals surface area contributed by atoms with E-state index in [0.717, 1.165) is 4.90 Å². The number of nitrogens with zero attached hydrogens (tertiary/aromatic N) is 2. The van der Waals surface area contributed by atoms with Crippen molar-refractivity contribution in [2.45, 2.75) is 24.4 Å². The van der Waals surface area contributed by atoms with E-state index >= 15 is 0 Å². The Bertz CT molecular complexity index is 902. The summed E-state index contributed by atoms with van der Waals surface area (Å²) in [7, 11) is 0. The van der Waals surface area contributed by atoms with Crippen LogP contribution in [0.1, 0.15) is 18.5 Å². The van der Waals surface area contributed by atoms with E-state index in [-0.39, 0.29) is 18.1 Å². The molecule has 0 bridgehead atoms. The molecule has 0 spiro atoms. The van der Waals surface area contributed by atoms with Gasteiger partial charge in [-0.15, -0.1) is 16.7 Å². The third-order valence-electron chi connectivity index (χ3n) is 4.47. The second kappa shape index (κ2) is 8.43. The highest BCUT2D eigenvalue weighted by molar-refractivity contribution is 8.00. The monoisotopic (exact) mass is 419 g/mol. The standard InChI is InChI=1S/C18H17N3O7S/c1-9(22)28-7-11-8-29-17-13(16(24)21(17)14(11)18(25)26)19-15(23)12(20-27)10-5-3-2-4-6-10/h2-6,12-13,17H,7-8H2,1H3,(H,19,23)(H,25,26)/t12?,13-,17-/m1/s1. The summed E-state index contributed by atoms with van der Waals surface area (Å²) >= 11 is 1.23. The van der Waals surface area contributed by atoms with Gasteiger partial charge in [-0.25, -0.2) is 4.79 Å². The SMILES string of the molecule is CC(=O)OCC1=C(C(=O)O)N2C(=O)[C@@H](NC(=O)C(N=O)c3ccccc3)[C@H]2SC1. The summed E-state index contributed by atoms with van der Waals surface area (Å²) in [5.74, 6) is -3.04. The zero-order chi connectivity index (χ0) is 21.1. The first kappa shape index (κ1) is 20.5. The Kier molecular flexibility index (Phi) is 5.97. The molecule has 29 heavy (non-hydrogen) atoms. The molecule has 11 heteroatoms. The van der Waals surface area contributed by atoms with Gasteiger partial charge in [-0.05, 0) is 5.56 Å². The predicted octanol–water partition coefficient (Wildman–Crippen LogP) is 0.796. The number of carbonyl (C=O) groups excluding carboxylic acids is 3. The van der Waals surface area contributed by atoms with Crippen LogP contribution in [0.3, 0.4) is 0 Å². The summed E-state index contributed by atoms with van der Waals surface area (Å²) in [4.78, 5) is 60.0. The molecule has 10 nitrogen and oxygen atoms in total. The maximum Gasteiger partial charge on any atom is 0.352 e. The molecule has 3 rings (SSSR count). The Morgan fingerprint density at radius 2 is 2.03 bits per heavy atom. The molecule has 1 unspecified atom stereocenters. The Labute approximate surface area is 169 Å². The fourth-order valence-electron chi connectivity index (χ4n) is 3.11. The molecular formula is C18H17N3O7S. The summed E-state index contributed by atoms with van der Waals surface area (Å²) in [6.45, 7) is 0.965. The van der Waals surface area contributed by atoms with Crippen molar-refractivity contribution in [3.8, 4) is 0 Å². The topological polar surface area (TPSA) is 142 Å². The zero-order valence-electron chi connectivity index (χ0n) is 15.2. The second-order valence-corrected chi connectivity index (χ2v) is 7.46. The second-order valence-electron chi connectivity index (χ2n) is 6.35. The lowest BCUT2D eigenvalue weighted by Crippen LogP contribution is -2.70. The Balaban J connectivity index is 1.75. The minimum absolute atomic E-state index is 0.212. The first-order chi connectivity index (χ1) is 13.8. The van der Waals surface area contributed by atoms with Crippen molar-refractivity contribution in [2.75, 3.05) is 12.4 Å². The van der Waals surface area contributed by atoms with Crippen LogP contribution in [0, 0.1) is 4.91 Å². The van der Waals surface area contributed by atoms with Crippen molar-refractivity contribution in [3.05, 3.63) is 52.1 Å². The van der Waals surface area contributed by atoms with Gasteiger partial charge >= 0.3 is 11.9 Å². The van der Waals surface area contributed by atoms with Gasteiger partial charge in [-0.3, -0.25) is 19.3 Å². The number of β-lactam (4-membered cyclic amide) rings is 1. The van der Waals surface area contributed by atoms with Gasteiger partial charge < -0.3 is 15.2 Å². The van der Waals surface area contributed by atoms with Crippen LogP contribution >= 0.6 is 11.8 Å². The number of fused-ring (bicyclic) bond motifs is 1. The lowest BCUT2D eigenvalue weighted by Gasteiger charge is -2.49. The molecule has 0 radical (unpaired) electrons. The van der Waals surface area contributed by atoms with E-state index in [1.54, 1.807) is 30.3 Å². The first-order valence-corrected chi connectivity index (χ1v) is 9.61. The average molecular weight is 419 g/mol. The van der Waals surface area contributed by atoms with Crippen molar-refractivity contribution >= 4 is 35.5 Å². The molecule has 1 aromatic carbocycles. The van der Waals surface area contributed by atoms with Gasteiger partial charge in [0.05, 0.1) is 0 Å². The number of hydrogen-bond acceptors (Lipinski definition) is 8. The summed E-state index contributed by atoms with van der Waals surface area (Å²) < 4.78 is 4.86. The van der Waals surface area contributed by atoms with Gasteiger partial charge in [-0.2, -0.15) is 0 Å². The number of rotatable bonds is 7. The number of carboxylic acids is 1. The first-order valence-electron chi connectivity index (χ1n) is 8.56. The van der Waals surface area contributed by atoms with Crippen molar-refractivity contribution in [1.82, 2.24) is 10.2 Å². The Morgan fingerprint density at radius 3 is 2.62 bits per heavy atom. The quantitative estimate of drug-likeness (QED) is 0.375. The fourth-order valence-corrected chi connectivity index (χ4v) is 4.44. The number of ether oxygens (including phenoxy) is 1. The van der Waals surface area contributed by atoms with E-state index in [2.05, 4.69) is 10.5 Å². The molecule has 2 aliphatic heterocycles. The normalized spacial score (nSPS) is 21.6. The minimum Gasteiger partial charge on any atom is -0.477 e. The maximum absolute atomic E-state index is 12.6. The fraction of sp³-hybridized carbons (Fsp3) is 0.333. The van der Waals surface area contributed by atoms with E-state index < -0.39 is 41.2 Å². The number of nitrogens with one attached hydrogen (secondary N) is 1. The third kappa shape index (κ3) is 3.99. The van der Waals surface area contributed by atoms with Crippen LogP contribution in [0.5, 0.6) is 0 Å². The van der Waals surface area contributed by atoms with Gasteiger partial charge in [0, 0.05) is 18.2 Å². The van der Waals surface area contributed by atoms with Crippen LogP contribution < -0.4 is 5.32 Å². The average Bonchev–Trinajstić information content (AvgIpc) is 2.70. The predicted molar refractivity (Wildman–Crippen MR) is 101 cm³/mol. The van der Waals surface area contributed by atoms with Crippen LogP contribution in [0.25, 0.3) is 0 Å². The van der Waals surface area contributed by atoms with E-state index in [4.69, 9.17) is 4.74 Å². The molecule has 1 fully saturated rings. The van der Waals surface area contributed by atoms with Crippen molar-refractivity contribution in [2.24, 2.45) is 5.18 Å². The van der Waals surface area contributed by atoms with Gasteiger partial charge in [0.2, 0.25) is 0 Å². The van der Waals surface area contributed by atoms with Gasteiger partial charge in [0.25, 0.3) is 11.8 Å². The molecule has 2 N–H and O–H groups in total. The summed E-state index contributed by atoms with van der Waals surface area (Å²) in [6, 6.07) is 5.88. The third-order valence-corrected chi connectivity index (χ3v) is 5.81. The molecular weight excluding hydrogens is 402 g/mol. The highest BCUT2D eigenvalue weighted by Gasteiger charge is 2.54. The number of benzene rings is 1. The molecule has 152 valence electrons. The van der Waals surface area contributed by atoms with Crippen LogP contribution in [0.15, 0.2) is 46.8 Å². The largest absolute Gasteiger partial charge is 0.477 e. The van der Waals surface area contributed by atoms with Crippen LogP contribution in [0.4, 0.5) is 0 Å². The van der Waals surface area contributed by atoms with Gasteiger partial charge in [0.1, 0.15) is 23.7 Å². The van der Waals surface area contributed by atoms with E-state index in [9.17, 15) is 29.2 Å². The number of nitroso groups, excluding NO2 is 1. The number of thioether (sulfide) groups is 1. The minimum atomic E-state index is -1.33. The molecule has 0 aromatic heterocycles. The number of amides is 2. The van der Waals surface area contributed by atoms with Gasteiger partial charge in [0.15, 0.2) is 6.04 Å². The molecule has 3 atom stereocenters. The molecule has 2 amide bonds. The number of carbonyl (C=O) groups is 4. The Hall–Kier alpha value is -3.21. The lowest BCUT2D eigenvalue weighted by atomic mass is 10.0. The molecule has 1 aromatic rings. The van der Waals surface area contributed by atoms with E-state index in [1.807, 2.05) is 0 Å². The number of esters is 1. The number of aliphatic carboxylic acids is 1. The highest BCUT2D eigenvalue weighted by Crippen LogP contribution is 2.40. The van der Waals surface area contributed by atoms with Crippen LogP contribution in [0.2, 0.25) is 0 Å². The molecule has 2 aliphatic rings. The lowest BCUT2D eigenvalue weighted by molar-refractivity contribution is -0.151. The number of carboxylic acid groups (broad SMARTS) is 1. The van der Waals surface area contributed by atoms with Crippen molar-refractivity contribution in [3.63, 3.8) is 0 Å². The molecule has 2 heterocycles. The highest BCUT2D eigenvalue weighted by atomic mass is 32.2. The zero-order valence-corrected chi connectivity index (χ0v) is 16.0. The Morgan fingerprint density at radius 1 is 1.34 bits per heavy atom. The smallest absolute Gasteiger partial charge is 0.352 e. The molecule has 1 saturated heterocycles. The molecule has 0 saturated carbocycles. The maximum atomic E-state index is 12.6. The van der Waals surface area contributed by atoms with E-state index in [1.165, 1.54) is 18.7 Å². The van der Waals surface area contributed by atoms with Crippen LogP contribution in [-0.2, 0) is 23.9 Å². The number of hydrogen-bond donors (Lipinski definition) is 2. The van der Waals surface area contributed by atoms with E-state index in [0.29, 0.717) is 11.1 Å². The summed E-state index contributed by atoms with van der Waals surface area (Å²) in [6.07, 6.45) is 0. The van der Waals surface area contributed by atoms with Crippen molar-refractivity contribution in [1.29, 1.82) is 0 Å².